The van der Waals surface area contributed by atoms with E-state index in [1.807, 2.05) is 6.92 Å². The zero-order valence-corrected chi connectivity index (χ0v) is 16.7. The fourth-order valence-corrected chi connectivity index (χ4v) is 3.89. The van der Waals surface area contributed by atoms with Gasteiger partial charge in [-0.25, -0.2) is 0 Å². The van der Waals surface area contributed by atoms with Crippen molar-refractivity contribution in [1.29, 1.82) is 0 Å². The number of fused-ring (bicyclic) bond motifs is 1. The van der Waals surface area contributed by atoms with Gasteiger partial charge in [-0.1, -0.05) is 18.2 Å². The van der Waals surface area contributed by atoms with Gasteiger partial charge in [-0.15, -0.1) is 0 Å². The fourth-order valence-electron chi connectivity index (χ4n) is 3.89. The van der Waals surface area contributed by atoms with Crippen LogP contribution in [-0.2, 0) is 0 Å². The van der Waals surface area contributed by atoms with E-state index in [2.05, 4.69) is 66.7 Å². The topological polar surface area (TPSA) is 20.2 Å². The Kier molecular flexibility index (Phi) is 4.15. The lowest BCUT2D eigenvalue weighted by molar-refractivity contribution is 0.477. The Morgan fingerprint density at radius 2 is 1.08 bits per heavy atom. The van der Waals surface area contributed by atoms with E-state index >= 15 is 0 Å². The van der Waals surface area contributed by atoms with Crippen LogP contribution in [0.1, 0.15) is 44.5 Å². The molecule has 1 N–H and O–H groups in total. The number of aromatic hydroxyl groups is 1. The van der Waals surface area contributed by atoms with Crippen molar-refractivity contribution in [3.05, 3.63) is 62.7 Å². The number of hydrogen-bond acceptors (Lipinski definition) is 1. The van der Waals surface area contributed by atoms with Crippen LogP contribution in [0.4, 0.5) is 0 Å². The molecule has 0 fully saturated rings. The second-order valence-corrected chi connectivity index (χ2v) is 7.57. The van der Waals surface area contributed by atoms with Crippen molar-refractivity contribution in [3.63, 3.8) is 0 Å². The van der Waals surface area contributed by atoms with Crippen molar-refractivity contribution < 1.29 is 5.11 Å². The van der Waals surface area contributed by atoms with E-state index in [0.29, 0.717) is 5.75 Å². The molecule has 0 unspecified atom stereocenters. The molecule has 3 aromatic rings. The molecule has 0 saturated carbocycles. The van der Waals surface area contributed by atoms with Crippen LogP contribution in [0.3, 0.4) is 0 Å². The van der Waals surface area contributed by atoms with Gasteiger partial charge in [-0.05, 0) is 116 Å². The highest BCUT2D eigenvalue weighted by Gasteiger charge is 2.19. The highest BCUT2D eigenvalue weighted by atomic mass is 16.3. The molecule has 3 aromatic carbocycles. The Labute approximate surface area is 151 Å². The van der Waals surface area contributed by atoms with Crippen LogP contribution in [0.15, 0.2) is 18.2 Å². The van der Waals surface area contributed by atoms with Crippen LogP contribution in [0, 0.1) is 55.4 Å². The highest BCUT2D eigenvalue weighted by molar-refractivity contribution is 6.05. The smallest absolute Gasteiger partial charge is 0.126 e. The van der Waals surface area contributed by atoms with E-state index in [4.69, 9.17) is 0 Å². The normalized spacial score (nSPS) is 11.4. The number of phenols is 1. The predicted molar refractivity (Wildman–Crippen MR) is 109 cm³/mol. The Hall–Kier alpha value is -2.28. The minimum absolute atomic E-state index is 0.428. The summed E-state index contributed by atoms with van der Waals surface area (Å²) in [6.07, 6.45) is 0. The maximum Gasteiger partial charge on any atom is 0.126 e. The second kappa shape index (κ2) is 5.91. The molecule has 0 aromatic heterocycles. The quantitative estimate of drug-likeness (QED) is 0.527. The summed E-state index contributed by atoms with van der Waals surface area (Å²) in [7, 11) is 0. The van der Waals surface area contributed by atoms with Crippen LogP contribution in [0.5, 0.6) is 5.75 Å². The molecular weight excluding hydrogens is 304 g/mol. The molecule has 1 nitrogen and oxygen atoms in total. The third-order valence-corrected chi connectivity index (χ3v) is 6.17. The lowest BCUT2D eigenvalue weighted by atomic mass is 9.84. The summed E-state index contributed by atoms with van der Waals surface area (Å²) in [4.78, 5) is 0. The first-order valence-electron chi connectivity index (χ1n) is 8.96. The van der Waals surface area contributed by atoms with Gasteiger partial charge in [0, 0.05) is 5.39 Å². The van der Waals surface area contributed by atoms with Crippen LogP contribution in [0.25, 0.3) is 21.9 Å². The zero-order chi connectivity index (χ0) is 18.6. The Morgan fingerprint density at radius 1 is 0.560 bits per heavy atom. The maximum absolute atomic E-state index is 10.9. The number of rotatable bonds is 1. The van der Waals surface area contributed by atoms with Gasteiger partial charge >= 0.3 is 0 Å². The third-order valence-electron chi connectivity index (χ3n) is 6.17. The molecule has 0 atom stereocenters. The summed E-state index contributed by atoms with van der Waals surface area (Å²) in [5, 5.41) is 13.0. The van der Waals surface area contributed by atoms with Crippen LogP contribution in [0.2, 0.25) is 0 Å². The molecule has 130 valence electrons. The van der Waals surface area contributed by atoms with Gasteiger partial charge in [0.1, 0.15) is 5.75 Å². The lowest BCUT2D eigenvalue weighted by Crippen LogP contribution is -1.98. The molecule has 0 aliphatic heterocycles. The summed E-state index contributed by atoms with van der Waals surface area (Å²) >= 11 is 0. The fraction of sp³-hybridized carbons (Fsp3) is 0.333. The Morgan fingerprint density at radius 3 is 1.64 bits per heavy atom. The van der Waals surface area contributed by atoms with E-state index in [9.17, 15) is 5.11 Å². The van der Waals surface area contributed by atoms with Crippen molar-refractivity contribution in [2.75, 3.05) is 0 Å². The molecule has 0 aliphatic carbocycles. The molecule has 1 heteroatoms. The summed E-state index contributed by atoms with van der Waals surface area (Å²) in [5.41, 5.74) is 12.3. The summed E-state index contributed by atoms with van der Waals surface area (Å²) in [6.45, 7) is 17.1. The lowest BCUT2D eigenvalue weighted by Gasteiger charge is -2.20. The second-order valence-electron chi connectivity index (χ2n) is 7.57. The first-order valence-corrected chi connectivity index (χ1v) is 8.96. The number of benzene rings is 3. The molecule has 3 rings (SSSR count). The van der Waals surface area contributed by atoms with E-state index in [1.165, 1.54) is 44.5 Å². The van der Waals surface area contributed by atoms with E-state index in [0.717, 1.165) is 21.9 Å². The third kappa shape index (κ3) is 2.54. The Bertz CT molecular complexity index is 991. The number of hydrogen-bond donors (Lipinski definition) is 1. The summed E-state index contributed by atoms with van der Waals surface area (Å²) in [5.74, 6) is 0.428. The Balaban J connectivity index is 2.56. The minimum atomic E-state index is 0.428. The average molecular weight is 332 g/mol. The van der Waals surface area contributed by atoms with Gasteiger partial charge in [0.2, 0.25) is 0 Å². The molecule has 0 radical (unpaired) electrons. The summed E-state index contributed by atoms with van der Waals surface area (Å²) in [6, 6.07) is 6.81. The standard InChI is InChI=1S/C24H28O/c1-12-9-20(10-13(2)15(12)4)22-18(7)19(8)24(25)23-17(6)16(5)14(3)11-21(22)23/h9-11,25H,1-8H3. The van der Waals surface area contributed by atoms with Gasteiger partial charge in [0.25, 0.3) is 0 Å². The van der Waals surface area contributed by atoms with Crippen LogP contribution in [-0.4, -0.2) is 5.11 Å². The average Bonchev–Trinajstić information content (AvgIpc) is 2.55. The van der Waals surface area contributed by atoms with Gasteiger partial charge in [0.15, 0.2) is 0 Å². The van der Waals surface area contributed by atoms with Crippen molar-refractivity contribution in [3.8, 4) is 16.9 Å². The number of phenolic OH excluding ortho intramolecular Hbond substituents is 1. The van der Waals surface area contributed by atoms with E-state index < -0.39 is 0 Å². The molecule has 0 bridgehead atoms. The zero-order valence-electron chi connectivity index (χ0n) is 16.7. The van der Waals surface area contributed by atoms with Gasteiger partial charge in [-0.3, -0.25) is 0 Å². The van der Waals surface area contributed by atoms with Crippen molar-refractivity contribution in [2.45, 2.75) is 55.4 Å². The first-order chi connectivity index (χ1) is 11.6. The molecule has 0 spiro atoms. The van der Waals surface area contributed by atoms with E-state index in [1.54, 1.807) is 0 Å². The van der Waals surface area contributed by atoms with Crippen LogP contribution >= 0.6 is 0 Å². The largest absolute Gasteiger partial charge is 0.507 e. The molecule has 0 amide bonds. The number of aryl methyl sites for hydroxylation is 4. The molecule has 25 heavy (non-hydrogen) atoms. The maximum atomic E-state index is 10.9. The molecule has 0 saturated heterocycles. The molecular formula is C24H28O. The van der Waals surface area contributed by atoms with E-state index in [-0.39, 0.29) is 0 Å². The van der Waals surface area contributed by atoms with Gasteiger partial charge < -0.3 is 5.11 Å². The van der Waals surface area contributed by atoms with Crippen molar-refractivity contribution in [1.82, 2.24) is 0 Å². The minimum Gasteiger partial charge on any atom is -0.507 e. The monoisotopic (exact) mass is 332 g/mol. The summed E-state index contributed by atoms with van der Waals surface area (Å²) < 4.78 is 0. The first kappa shape index (κ1) is 17.5. The van der Waals surface area contributed by atoms with Crippen LogP contribution < -0.4 is 0 Å². The SMILES string of the molecule is Cc1cc(-c2c(C)c(C)c(O)c3c(C)c(C)c(C)cc23)cc(C)c1C. The van der Waals surface area contributed by atoms with Crippen molar-refractivity contribution in [2.24, 2.45) is 0 Å². The molecule has 0 aliphatic rings. The van der Waals surface area contributed by atoms with Gasteiger partial charge in [0.05, 0.1) is 0 Å². The van der Waals surface area contributed by atoms with Crippen molar-refractivity contribution >= 4 is 10.8 Å². The highest BCUT2D eigenvalue weighted by Crippen LogP contribution is 2.43. The van der Waals surface area contributed by atoms with Gasteiger partial charge in [-0.2, -0.15) is 0 Å². The molecule has 0 heterocycles. The predicted octanol–water partition coefficient (Wildman–Crippen LogP) is 6.68.